The molecule has 4 aromatic rings. The fourth-order valence-corrected chi connectivity index (χ4v) is 3.21. The van der Waals surface area contributed by atoms with Crippen LogP contribution in [0, 0.1) is 0 Å². The van der Waals surface area contributed by atoms with Crippen molar-refractivity contribution in [2.75, 3.05) is 7.11 Å². The van der Waals surface area contributed by atoms with Crippen LogP contribution >= 0.6 is 11.6 Å². The monoisotopic (exact) mass is 403 g/mol. The van der Waals surface area contributed by atoms with E-state index in [9.17, 15) is 4.79 Å². The number of ether oxygens (including phenoxy) is 1. The minimum atomic E-state index is 0.0223. The van der Waals surface area contributed by atoms with E-state index in [0.717, 1.165) is 27.7 Å². The van der Waals surface area contributed by atoms with E-state index in [1.165, 1.54) is 0 Å². The fourth-order valence-electron chi connectivity index (χ4n) is 3.04. The van der Waals surface area contributed by atoms with Crippen LogP contribution in [0.2, 0.25) is 5.02 Å². The van der Waals surface area contributed by atoms with Gasteiger partial charge in [0.15, 0.2) is 5.78 Å². The molecule has 0 fully saturated rings. The molecule has 5 heteroatoms. The van der Waals surface area contributed by atoms with E-state index in [1.54, 1.807) is 32.2 Å². The van der Waals surface area contributed by atoms with Gasteiger partial charge in [-0.3, -0.25) is 4.79 Å². The zero-order chi connectivity index (χ0) is 20.4. The summed E-state index contributed by atoms with van der Waals surface area (Å²) >= 11 is 6.20. The first kappa shape index (κ1) is 19.0. The number of nitrogens with zero attached hydrogens (tertiary/aromatic N) is 1. The van der Waals surface area contributed by atoms with Crippen molar-refractivity contribution < 1.29 is 13.9 Å². The normalized spacial score (nSPS) is 11.6. The molecule has 1 heterocycles. The lowest BCUT2D eigenvalue weighted by atomic mass is 10.1. The second kappa shape index (κ2) is 7.94. The smallest absolute Gasteiger partial charge is 0.159 e. The summed E-state index contributed by atoms with van der Waals surface area (Å²) in [5, 5.41) is 2.15. The number of hydrogen-bond donors (Lipinski definition) is 0. The largest absolute Gasteiger partial charge is 0.497 e. The first-order valence-electron chi connectivity index (χ1n) is 9.07. The van der Waals surface area contributed by atoms with Gasteiger partial charge in [0, 0.05) is 27.6 Å². The Morgan fingerprint density at radius 1 is 0.966 bits per heavy atom. The lowest BCUT2D eigenvalue weighted by molar-refractivity contribution is 0.101. The molecule has 0 saturated carbocycles. The Bertz CT molecular complexity index is 1260. The summed E-state index contributed by atoms with van der Waals surface area (Å²) in [6.07, 6.45) is 0. The number of rotatable bonds is 4. The Labute approximate surface area is 173 Å². The van der Waals surface area contributed by atoms with Gasteiger partial charge in [0.2, 0.25) is 0 Å². The summed E-state index contributed by atoms with van der Waals surface area (Å²) in [5.74, 6) is 1.48. The molecule has 0 radical (unpaired) electrons. The summed E-state index contributed by atoms with van der Waals surface area (Å²) < 4.78 is 11.3. The predicted molar refractivity (Wildman–Crippen MR) is 115 cm³/mol. The quantitative estimate of drug-likeness (QED) is 0.381. The number of methoxy groups -OCH3 is 1. The van der Waals surface area contributed by atoms with Crippen molar-refractivity contribution in [3.63, 3.8) is 0 Å². The van der Waals surface area contributed by atoms with Crippen molar-refractivity contribution in [1.82, 2.24) is 0 Å². The molecule has 0 saturated heterocycles. The Balaban J connectivity index is 1.90. The molecule has 0 atom stereocenters. The molecule has 0 unspecified atom stereocenters. The first-order chi connectivity index (χ1) is 14.0. The molecule has 0 aliphatic heterocycles. The second-order valence-electron chi connectivity index (χ2n) is 6.58. The maximum Gasteiger partial charge on any atom is 0.159 e. The van der Waals surface area contributed by atoms with Gasteiger partial charge >= 0.3 is 0 Å². The summed E-state index contributed by atoms with van der Waals surface area (Å²) in [4.78, 5) is 16.3. The number of fused-ring (bicyclic) bond motifs is 1. The zero-order valence-corrected chi connectivity index (χ0v) is 16.7. The molecule has 4 nitrogen and oxygen atoms in total. The van der Waals surface area contributed by atoms with Gasteiger partial charge in [-0.25, -0.2) is 4.99 Å². The molecule has 0 aliphatic rings. The van der Waals surface area contributed by atoms with Gasteiger partial charge in [0.05, 0.1) is 18.2 Å². The Morgan fingerprint density at radius 2 is 1.69 bits per heavy atom. The molecule has 3 aromatic carbocycles. The highest BCUT2D eigenvalue weighted by atomic mass is 35.5. The van der Waals surface area contributed by atoms with Crippen molar-refractivity contribution in [1.29, 1.82) is 0 Å². The molecule has 0 aliphatic carbocycles. The minimum absolute atomic E-state index is 0.0223. The van der Waals surface area contributed by atoms with Crippen LogP contribution in [0.5, 0.6) is 5.75 Å². The topological polar surface area (TPSA) is 51.8 Å². The van der Waals surface area contributed by atoms with Crippen molar-refractivity contribution >= 4 is 34.0 Å². The zero-order valence-electron chi connectivity index (χ0n) is 16.0. The van der Waals surface area contributed by atoms with E-state index < -0.39 is 0 Å². The van der Waals surface area contributed by atoms with Crippen molar-refractivity contribution in [2.45, 2.75) is 6.92 Å². The van der Waals surface area contributed by atoms with Gasteiger partial charge in [-0.1, -0.05) is 11.6 Å². The third-order valence-electron chi connectivity index (χ3n) is 4.60. The molecular weight excluding hydrogens is 386 g/mol. The highest BCUT2D eigenvalue weighted by Crippen LogP contribution is 2.26. The maximum absolute atomic E-state index is 11.5. The SMILES string of the molecule is COc1ccc(-c2cc(=Nc3ccc(C(C)=O)cc3)c3cc(Cl)ccc3o2)cc1. The van der Waals surface area contributed by atoms with Gasteiger partial charge in [-0.15, -0.1) is 0 Å². The Kier molecular flexibility index (Phi) is 5.19. The second-order valence-corrected chi connectivity index (χ2v) is 7.02. The summed E-state index contributed by atoms with van der Waals surface area (Å²) in [7, 11) is 1.63. The lowest BCUT2D eigenvalue weighted by Crippen LogP contribution is -2.03. The number of Topliss-reactive ketones (excluding diaryl/α,β-unsaturated/α-hetero) is 1. The van der Waals surface area contributed by atoms with E-state index in [0.29, 0.717) is 21.9 Å². The third kappa shape index (κ3) is 4.08. The number of carbonyl (C=O) groups is 1. The van der Waals surface area contributed by atoms with Crippen LogP contribution in [0.4, 0.5) is 5.69 Å². The van der Waals surface area contributed by atoms with Crippen LogP contribution in [0.3, 0.4) is 0 Å². The van der Waals surface area contributed by atoms with Crippen LogP contribution in [-0.4, -0.2) is 12.9 Å². The molecule has 0 bridgehead atoms. The van der Waals surface area contributed by atoms with Gasteiger partial charge in [0.1, 0.15) is 17.1 Å². The molecule has 0 N–H and O–H groups in total. The Hall–Kier alpha value is -3.37. The fraction of sp³-hybridized carbons (Fsp3) is 0.0833. The third-order valence-corrected chi connectivity index (χ3v) is 4.84. The maximum atomic E-state index is 11.5. The van der Waals surface area contributed by atoms with Crippen LogP contribution in [0.25, 0.3) is 22.3 Å². The number of carbonyl (C=O) groups excluding carboxylic acids is 1. The van der Waals surface area contributed by atoms with Crippen LogP contribution in [-0.2, 0) is 0 Å². The molecule has 29 heavy (non-hydrogen) atoms. The van der Waals surface area contributed by atoms with Gasteiger partial charge in [-0.2, -0.15) is 0 Å². The van der Waals surface area contributed by atoms with E-state index >= 15 is 0 Å². The van der Waals surface area contributed by atoms with Crippen LogP contribution in [0.15, 0.2) is 82.2 Å². The number of ketones is 1. The molecule has 0 spiro atoms. The van der Waals surface area contributed by atoms with Crippen molar-refractivity contribution in [3.8, 4) is 17.1 Å². The number of benzene rings is 3. The van der Waals surface area contributed by atoms with Crippen molar-refractivity contribution in [3.05, 3.63) is 88.7 Å². The summed E-state index contributed by atoms with van der Waals surface area (Å²) in [5.41, 5.74) is 2.98. The van der Waals surface area contributed by atoms with Gasteiger partial charge < -0.3 is 9.15 Å². The number of hydrogen-bond acceptors (Lipinski definition) is 4. The Morgan fingerprint density at radius 3 is 2.34 bits per heavy atom. The first-order valence-corrected chi connectivity index (χ1v) is 9.45. The molecule has 0 amide bonds. The number of halogens is 1. The average molecular weight is 404 g/mol. The molecule has 1 aromatic heterocycles. The van der Waals surface area contributed by atoms with Crippen molar-refractivity contribution in [2.24, 2.45) is 4.99 Å². The van der Waals surface area contributed by atoms with E-state index in [2.05, 4.69) is 0 Å². The summed E-state index contributed by atoms with van der Waals surface area (Å²) in [6.45, 7) is 1.54. The van der Waals surface area contributed by atoms with Crippen LogP contribution in [0.1, 0.15) is 17.3 Å². The lowest BCUT2D eigenvalue weighted by Gasteiger charge is -2.07. The molecule has 144 valence electrons. The highest BCUT2D eigenvalue weighted by molar-refractivity contribution is 6.31. The van der Waals surface area contributed by atoms with Gasteiger partial charge in [-0.05, 0) is 73.7 Å². The predicted octanol–water partition coefficient (Wildman–Crippen LogP) is 6.20. The molecular formula is C24H18ClNO3. The summed E-state index contributed by atoms with van der Waals surface area (Å²) in [6, 6.07) is 22.2. The van der Waals surface area contributed by atoms with E-state index in [-0.39, 0.29) is 5.78 Å². The van der Waals surface area contributed by atoms with E-state index in [1.807, 2.05) is 54.6 Å². The van der Waals surface area contributed by atoms with E-state index in [4.69, 9.17) is 25.7 Å². The minimum Gasteiger partial charge on any atom is -0.497 e. The standard InChI is InChI=1S/C24H18ClNO3/c1-15(27)16-3-8-19(9-4-16)26-22-14-24(17-5-10-20(28-2)11-6-17)29-23-12-7-18(25)13-21(22)23/h3-14H,1-2H3. The average Bonchev–Trinajstić information content (AvgIpc) is 2.74. The molecule has 4 rings (SSSR count). The highest BCUT2D eigenvalue weighted by Gasteiger charge is 2.08. The van der Waals surface area contributed by atoms with Crippen LogP contribution < -0.4 is 10.1 Å². The van der Waals surface area contributed by atoms with Gasteiger partial charge in [0.25, 0.3) is 0 Å².